The van der Waals surface area contributed by atoms with Crippen LogP contribution in [0.25, 0.3) is 16.9 Å². The average molecular weight is 331 g/mol. The van der Waals surface area contributed by atoms with E-state index in [9.17, 15) is 0 Å². The second-order valence-corrected chi connectivity index (χ2v) is 6.60. The Balaban J connectivity index is 1.58. The highest BCUT2D eigenvalue weighted by molar-refractivity contribution is 5.77. The lowest BCUT2D eigenvalue weighted by atomic mass is 9.89. The molecule has 0 spiro atoms. The van der Waals surface area contributed by atoms with Crippen molar-refractivity contribution in [2.75, 3.05) is 11.9 Å². The lowest BCUT2D eigenvalue weighted by Crippen LogP contribution is -2.17. The van der Waals surface area contributed by atoms with Gasteiger partial charge in [-0.1, -0.05) is 25.2 Å². The monoisotopic (exact) mass is 331 g/mol. The molecule has 0 unspecified atom stereocenters. The Morgan fingerprint density at radius 3 is 2.96 bits per heavy atom. The van der Waals surface area contributed by atoms with Crippen LogP contribution in [0.3, 0.4) is 0 Å². The number of anilines is 1. The molecule has 0 amide bonds. The molecule has 4 rings (SSSR count). The molecule has 1 aliphatic carbocycles. The summed E-state index contributed by atoms with van der Waals surface area (Å²) in [5.41, 5.74) is 2.62. The van der Waals surface area contributed by atoms with Gasteiger partial charge in [-0.25, -0.2) is 14.5 Å². The molecule has 3 aromatic heterocycles. The zero-order valence-electron chi connectivity index (χ0n) is 14.2. The highest BCUT2D eigenvalue weighted by Gasteiger charge is 2.14. The Bertz CT molecular complexity index is 915. The largest absolute Gasteiger partial charge is 0.370 e. The van der Waals surface area contributed by atoms with Crippen LogP contribution in [-0.2, 0) is 0 Å². The van der Waals surface area contributed by atoms with Gasteiger partial charge in [-0.15, -0.1) is 6.42 Å². The van der Waals surface area contributed by atoms with E-state index in [1.165, 1.54) is 32.1 Å². The molecule has 0 aromatic carbocycles. The van der Waals surface area contributed by atoms with Gasteiger partial charge in [0.25, 0.3) is 0 Å². The van der Waals surface area contributed by atoms with Crippen molar-refractivity contribution in [3.8, 4) is 23.7 Å². The Hall–Kier alpha value is -2.87. The van der Waals surface area contributed by atoms with Gasteiger partial charge >= 0.3 is 0 Å². The molecule has 1 fully saturated rings. The molecule has 126 valence electrons. The SMILES string of the molecule is C#Cc1ccn2ncc(-c3nccc(NCC4CCCCC4)n3)c2c1. The summed E-state index contributed by atoms with van der Waals surface area (Å²) in [7, 11) is 0. The number of fused-ring (bicyclic) bond motifs is 1. The summed E-state index contributed by atoms with van der Waals surface area (Å²) in [4.78, 5) is 9.10. The second-order valence-electron chi connectivity index (χ2n) is 6.60. The number of hydrogen-bond donors (Lipinski definition) is 1. The molecule has 3 aromatic rings. The third-order valence-corrected chi connectivity index (χ3v) is 4.88. The van der Waals surface area contributed by atoms with Gasteiger partial charge in [-0.05, 0) is 37.0 Å². The molecule has 1 N–H and O–H groups in total. The Kier molecular flexibility index (Phi) is 4.34. The molecule has 3 heterocycles. The van der Waals surface area contributed by atoms with E-state index < -0.39 is 0 Å². The van der Waals surface area contributed by atoms with Gasteiger partial charge in [0, 0.05) is 24.5 Å². The van der Waals surface area contributed by atoms with Gasteiger partial charge < -0.3 is 5.32 Å². The minimum atomic E-state index is 0.665. The van der Waals surface area contributed by atoms with Gasteiger partial charge in [-0.3, -0.25) is 0 Å². The van der Waals surface area contributed by atoms with E-state index in [4.69, 9.17) is 6.42 Å². The summed E-state index contributed by atoms with van der Waals surface area (Å²) >= 11 is 0. The first-order valence-corrected chi connectivity index (χ1v) is 8.85. The number of rotatable bonds is 4. The molecule has 1 aliphatic rings. The zero-order valence-corrected chi connectivity index (χ0v) is 14.2. The first-order valence-electron chi connectivity index (χ1n) is 8.85. The summed E-state index contributed by atoms with van der Waals surface area (Å²) in [6.45, 7) is 0.979. The standard InChI is InChI=1S/C20H21N5/c1-2-15-9-11-25-18(12-15)17(14-23-25)20-21-10-8-19(24-20)22-13-16-6-4-3-5-7-16/h1,8-12,14,16H,3-7,13H2,(H,21,22,24). The number of hydrogen-bond acceptors (Lipinski definition) is 4. The fraction of sp³-hybridized carbons (Fsp3) is 0.350. The van der Waals surface area contributed by atoms with E-state index in [1.807, 2.05) is 24.4 Å². The zero-order chi connectivity index (χ0) is 17.1. The van der Waals surface area contributed by atoms with Crippen molar-refractivity contribution in [1.29, 1.82) is 0 Å². The van der Waals surface area contributed by atoms with Gasteiger partial charge in [0.2, 0.25) is 0 Å². The van der Waals surface area contributed by atoms with E-state index >= 15 is 0 Å². The minimum Gasteiger partial charge on any atom is -0.370 e. The predicted molar refractivity (Wildman–Crippen MR) is 99.2 cm³/mol. The van der Waals surface area contributed by atoms with Crippen molar-refractivity contribution in [2.45, 2.75) is 32.1 Å². The van der Waals surface area contributed by atoms with Crippen LogP contribution in [0, 0.1) is 18.3 Å². The third-order valence-electron chi connectivity index (χ3n) is 4.88. The van der Waals surface area contributed by atoms with Crippen molar-refractivity contribution in [1.82, 2.24) is 19.6 Å². The maximum absolute atomic E-state index is 5.51. The number of pyridine rings is 1. The van der Waals surface area contributed by atoms with E-state index in [0.717, 1.165) is 34.9 Å². The number of nitrogens with one attached hydrogen (secondary N) is 1. The molecule has 0 atom stereocenters. The molecular formula is C20H21N5. The molecule has 0 radical (unpaired) electrons. The van der Waals surface area contributed by atoms with Gasteiger partial charge in [0.15, 0.2) is 5.82 Å². The van der Waals surface area contributed by atoms with Gasteiger partial charge in [0.05, 0.1) is 17.3 Å². The molecular weight excluding hydrogens is 310 g/mol. The topological polar surface area (TPSA) is 55.1 Å². The lowest BCUT2D eigenvalue weighted by Gasteiger charge is -2.21. The molecule has 0 bridgehead atoms. The highest BCUT2D eigenvalue weighted by atomic mass is 15.2. The molecule has 5 nitrogen and oxygen atoms in total. The van der Waals surface area contributed by atoms with E-state index in [1.54, 1.807) is 16.9 Å². The van der Waals surface area contributed by atoms with Crippen LogP contribution in [0.2, 0.25) is 0 Å². The Morgan fingerprint density at radius 2 is 2.12 bits per heavy atom. The van der Waals surface area contributed by atoms with Crippen LogP contribution in [0.5, 0.6) is 0 Å². The lowest BCUT2D eigenvalue weighted by molar-refractivity contribution is 0.373. The second kappa shape index (κ2) is 6.94. The molecule has 5 heteroatoms. The fourth-order valence-electron chi connectivity index (χ4n) is 3.47. The molecule has 1 saturated carbocycles. The first-order chi connectivity index (χ1) is 12.3. The van der Waals surface area contributed by atoms with Crippen LogP contribution in [0.4, 0.5) is 5.82 Å². The van der Waals surface area contributed by atoms with Crippen molar-refractivity contribution in [3.05, 3.63) is 42.4 Å². The third kappa shape index (κ3) is 3.34. The van der Waals surface area contributed by atoms with E-state index in [-0.39, 0.29) is 0 Å². The number of aromatic nitrogens is 4. The van der Waals surface area contributed by atoms with E-state index in [2.05, 4.69) is 26.3 Å². The Morgan fingerprint density at radius 1 is 1.24 bits per heavy atom. The average Bonchev–Trinajstić information content (AvgIpc) is 3.10. The van der Waals surface area contributed by atoms with Crippen molar-refractivity contribution >= 4 is 11.3 Å². The minimum absolute atomic E-state index is 0.665. The smallest absolute Gasteiger partial charge is 0.165 e. The van der Waals surface area contributed by atoms with Crippen molar-refractivity contribution < 1.29 is 0 Å². The van der Waals surface area contributed by atoms with Crippen molar-refractivity contribution in [3.63, 3.8) is 0 Å². The number of terminal acetylenes is 1. The molecule has 0 aliphatic heterocycles. The van der Waals surface area contributed by atoms with Crippen LogP contribution in [-0.4, -0.2) is 26.1 Å². The van der Waals surface area contributed by atoms with Crippen molar-refractivity contribution in [2.24, 2.45) is 5.92 Å². The first kappa shape index (κ1) is 15.6. The van der Waals surface area contributed by atoms with Crippen LogP contribution < -0.4 is 5.32 Å². The van der Waals surface area contributed by atoms with Gasteiger partial charge in [-0.2, -0.15) is 5.10 Å². The summed E-state index contributed by atoms with van der Waals surface area (Å²) in [6, 6.07) is 5.73. The maximum atomic E-state index is 5.51. The summed E-state index contributed by atoms with van der Waals surface area (Å²) < 4.78 is 1.79. The normalized spacial score (nSPS) is 15.2. The maximum Gasteiger partial charge on any atom is 0.165 e. The molecule has 25 heavy (non-hydrogen) atoms. The van der Waals surface area contributed by atoms with E-state index in [0.29, 0.717) is 5.82 Å². The predicted octanol–water partition coefficient (Wildman–Crippen LogP) is 3.76. The highest BCUT2D eigenvalue weighted by Crippen LogP contribution is 2.25. The Labute approximate surface area is 147 Å². The summed E-state index contributed by atoms with van der Waals surface area (Å²) in [6.07, 6.45) is 17.7. The van der Waals surface area contributed by atoms with Crippen LogP contribution in [0.1, 0.15) is 37.7 Å². The number of nitrogens with zero attached hydrogens (tertiary/aromatic N) is 4. The molecule has 0 saturated heterocycles. The summed E-state index contributed by atoms with van der Waals surface area (Å²) in [5.74, 6) is 4.94. The van der Waals surface area contributed by atoms with Crippen LogP contribution >= 0.6 is 0 Å². The van der Waals surface area contributed by atoms with Crippen LogP contribution in [0.15, 0.2) is 36.8 Å². The van der Waals surface area contributed by atoms with Gasteiger partial charge in [0.1, 0.15) is 5.82 Å². The quantitative estimate of drug-likeness (QED) is 0.740. The summed E-state index contributed by atoms with van der Waals surface area (Å²) in [5, 5.41) is 7.84. The fourth-order valence-corrected chi connectivity index (χ4v) is 3.47.